The van der Waals surface area contributed by atoms with Crippen LogP contribution in [0, 0.1) is 0 Å². The number of rotatable bonds is 10. The lowest BCUT2D eigenvalue weighted by molar-refractivity contribution is -0.279. The summed E-state index contributed by atoms with van der Waals surface area (Å²) in [5, 5.41) is 0. The highest BCUT2D eigenvalue weighted by Gasteiger charge is 2.62. The molecule has 130 valence electrons. The SMILES string of the molecule is C=C(C)C(=O)OC(C)OCCOCC(F)(F)C(F)(F)C(F)F. The second-order valence-electron chi connectivity index (χ2n) is 4.30. The van der Waals surface area contributed by atoms with Crippen LogP contribution in [-0.2, 0) is 19.0 Å². The summed E-state index contributed by atoms with van der Waals surface area (Å²) in [5.41, 5.74) is 0.112. The normalized spacial score (nSPS) is 14.0. The van der Waals surface area contributed by atoms with Crippen LogP contribution < -0.4 is 0 Å². The van der Waals surface area contributed by atoms with Crippen LogP contribution in [-0.4, -0.2) is 50.4 Å². The molecule has 0 N–H and O–H groups in total. The van der Waals surface area contributed by atoms with Gasteiger partial charge in [0.1, 0.15) is 6.61 Å². The van der Waals surface area contributed by atoms with Crippen molar-refractivity contribution in [1.29, 1.82) is 0 Å². The van der Waals surface area contributed by atoms with Crippen molar-refractivity contribution in [3.63, 3.8) is 0 Å². The van der Waals surface area contributed by atoms with E-state index in [9.17, 15) is 31.1 Å². The second kappa shape index (κ2) is 8.37. The van der Waals surface area contributed by atoms with Gasteiger partial charge < -0.3 is 14.2 Å². The van der Waals surface area contributed by atoms with E-state index in [4.69, 9.17) is 4.74 Å². The Morgan fingerprint density at radius 2 is 1.73 bits per heavy atom. The van der Waals surface area contributed by atoms with E-state index in [2.05, 4.69) is 16.1 Å². The topological polar surface area (TPSA) is 44.8 Å². The quantitative estimate of drug-likeness (QED) is 0.202. The zero-order valence-electron chi connectivity index (χ0n) is 11.9. The fraction of sp³-hybridized carbons (Fsp3) is 0.750. The minimum atomic E-state index is -5.49. The van der Waals surface area contributed by atoms with Crippen molar-refractivity contribution < 1.29 is 45.3 Å². The zero-order valence-corrected chi connectivity index (χ0v) is 11.9. The predicted octanol–water partition coefficient (Wildman–Crippen LogP) is 3.02. The van der Waals surface area contributed by atoms with E-state index in [1.54, 1.807) is 0 Å². The first-order valence-corrected chi connectivity index (χ1v) is 6.01. The molecule has 0 aromatic rings. The highest BCUT2D eigenvalue weighted by atomic mass is 19.3. The number of hydrogen-bond acceptors (Lipinski definition) is 4. The lowest BCUT2D eigenvalue weighted by atomic mass is 10.2. The number of carbonyl (C=O) groups is 1. The Kier molecular flexibility index (Phi) is 7.88. The number of esters is 1. The summed E-state index contributed by atoms with van der Waals surface area (Å²) in [6.45, 7) is 3.18. The highest BCUT2D eigenvalue weighted by Crippen LogP contribution is 2.39. The van der Waals surface area contributed by atoms with Gasteiger partial charge in [-0.05, 0) is 13.8 Å². The minimum Gasteiger partial charge on any atom is -0.433 e. The average molecular weight is 338 g/mol. The molecule has 22 heavy (non-hydrogen) atoms. The largest absolute Gasteiger partial charge is 0.433 e. The molecule has 0 rings (SSSR count). The number of carbonyl (C=O) groups excluding carboxylic acids is 1. The molecule has 4 nitrogen and oxygen atoms in total. The molecule has 0 aliphatic carbocycles. The third-order valence-corrected chi connectivity index (χ3v) is 2.25. The van der Waals surface area contributed by atoms with E-state index in [1.807, 2.05) is 0 Å². The molecule has 0 fully saturated rings. The van der Waals surface area contributed by atoms with Crippen LogP contribution >= 0.6 is 0 Å². The van der Waals surface area contributed by atoms with Crippen molar-refractivity contribution in [1.82, 2.24) is 0 Å². The monoisotopic (exact) mass is 338 g/mol. The molecule has 0 aliphatic rings. The van der Waals surface area contributed by atoms with E-state index >= 15 is 0 Å². The maximum Gasteiger partial charge on any atom is 0.371 e. The van der Waals surface area contributed by atoms with E-state index in [1.165, 1.54) is 13.8 Å². The third-order valence-electron chi connectivity index (χ3n) is 2.25. The summed E-state index contributed by atoms with van der Waals surface area (Å²) in [5.74, 6) is -11.2. The molecule has 0 heterocycles. The van der Waals surface area contributed by atoms with E-state index in [0.29, 0.717) is 0 Å². The highest BCUT2D eigenvalue weighted by molar-refractivity contribution is 5.86. The Bertz CT molecular complexity index is 386. The van der Waals surface area contributed by atoms with Gasteiger partial charge in [-0.2, -0.15) is 17.6 Å². The molecular weight excluding hydrogens is 322 g/mol. The van der Waals surface area contributed by atoms with Gasteiger partial charge in [-0.15, -0.1) is 0 Å². The molecule has 0 saturated carbocycles. The molecule has 0 aliphatic heterocycles. The van der Waals surface area contributed by atoms with Crippen LogP contribution in [0.1, 0.15) is 13.8 Å². The number of ether oxygens (including phenoxy) is 3. The van der Waals surface area contributed by atoms with Crippen LogP contribution in [0.15, 0.2) is 12.2 Å². The van der Waals surface area contributed by atoms with Gasteiger partial charge in [-0.3, -0.25) is 0 Å². The van der Waals surface area contributed by atoms with Gasteiger partial charge >= 0.3 is 24.2 Å². The van der Waals surface area contributed by atoms with Gasteiger partial charge in [0.2, 0.25) is 6.29 Å². The third kappa shape index (κ3) is 6.22. The molecule has 0 radical (unpaired) electrons. The summed E-state index contributed by atoms with van der Waals surface area (Å²) >= 11 is 0. The summed E-state index contributed by atoms with van der Waals surface area (Å²) in [6.07, 6.45) is -5.56. The predicted molar refractivity (Wildman–Crippen MR) is 63.0 cm³/mol. The molecule has 0 spiro atoms. The van der Waals surface area contributed by atoms with Crippen molar-refractivity contribution in [3.05, 3.63) is 12.2 Å². The first kappa shape index (κ1) is 20.7. The van der Waals surface area contributed by atoms with Crippen LogP contribution in [0.4, 0.5) is 26.3 Å². The van der Waals surface area contributed by atoms with Crippen LogP contribution in [0.25, 0.3) is 0 Å². The summed E-state index contributed by atoms with van der Waals surface area (Å²) < 4.78 is 87.9. The van der Waals surface area contributed by atoms with Crippen molar-refractivity contribution >= 4 is 5.97 Å². The van der Waals surface area contributed by atoms with Gasteiger partial charge in [-0.25, -0.2) is 13.6 Å². The molecule has 0 aromatic heterocycles. The molecule has 0 amide bonds. The standard InChI is InChI=1S/C12H16F6O4/c1-7(2)9(19)22-8(3)21-5-4-20-6-11(15,16)12(17,18)10(13)14/h8,10H,1,4-6H2,2-3H3. The number of alkyl halides is 6. The second-order valence-corrected chi connectivity index (χ2v) is 4.30. The Balaban J connectivity index is 4.04. The molecule has 1 atom stereocenters. The summed E-state index contributed by atoms with van der Waals surface area (Å²) in [6, 6.07) is 0. The van der Waals surface area contributed by atoms with Crippen LogP contribution in [0.2, 0.25) is 0 Å². The Morgan fingerprint density at radius 3 is 2.18 bits per heavy atom. The van der Waals surface area contributed by atoms with Crippen molar-refractivity contribution in [2.75, 3.05) is 19.8 Å². The molecule has 0 aromatic carbocycles. The molecule has 0 saturated heterocycles. The van der Waals surface area contributed by atoms with E-state index in [0.717, 1.165) is 0 Å². The first-order valence-electron chi connectivity index (χ1n) is 6.01. The zero-order chi connectivity index (χ0) is 17.6. The summed E-state index contributed by atoms with van der Waals surface area (Å²) in [4.78, 5) is 11.1. The maximum atomic E-state index is 12.8. The Labute approximate surface area is 123 Å². The van der Waals surface area contributed by atoms with Gasteiger partial charge in [0.15, 0.2) is 0 Å². The van der Waals surface area contributed by atoms with Crippen LogP contribution in [0.3, 0.4) is 0 Å². The van der Waals surface area contributed by atoms with Crippen molar-refractivity contribution in [2.45, 2.75) is 38.4 Å². The van der Waals surface area contributed by atoms with Crippen LogP contribution in [0.5, 0.6) is 0 Å². The van der Waals surface area contributed by atoms with Crippen molar-refractivity contribution in [3.8, 4) is 0 Å². The maximum absolute atomic E-state index is 12.8. The van der Waals surface area contributed by atoms with E-state index in [-0.39, 0.29) is 12.2 Å². The van der Waals surface area contributed by atoms with Gasteiger partial charge in [-0.1, -0.05) is 6.58 Å². The number of hydrogen-bond donors (Lipinski definition) is 0. The molecule has 10 heteroatoms. The van der Waals surface area contributed by atoms with Gasteiger partial charge in [0.25, 0.3) is 0 Å². The molecular formula is C12H16F6O4. The lowest BCUT2D eigenvalue weighted by Crippen LogP contribution is -2.49. The van der Waals surface area contributed by atoms with Gasteiger partial charge in [0, 0.05) is 5.57 Å². The molecule has 1 unspecified atom stereocenters. The minimum absolute atomic E-state index is 0.112. The summed E-state index contributed by atoms with van der Waals surface area (Å²) in [7, 11) is 0. The fourth-order valence-electron chi connectivity index (χ4n) is 1.01. The fourth-order valence-corrected chi connectivity index (χ4v) is 1.01. The number of halogens is 6. The van der Waals surface area contributed by atoms with E-state index < -0.39 is 43.7 Å². The average Bonchev–Trinajstić information content (AvgIpc) is 2.37. The van der Waals surface area contributed by atoms with Gasteiger partial charge in [0.05, 0.1) is 13.2 Å². The Hall–Kier alpha value is -1.29. The smallest absolute Gasteiger partial charge is 0.371 e. The first-order chi connectivity index (χ1) is 9.91. The Morgan fingerprint density at radius 1 is 1.18 bits per heavy atom. The molecule has 0 bridgehead atoms. The lowest BCUT2D eigenvalue weighted by Gasteiger charge is -2.25. The van der Waals surface area contributed by atoms with Crippen molar-refractivity contribution in [2.24, 2.45) is 0 Å².